The number of carbonyl (C=O) groups is 1. The third-order valence-electron chi connectivity index (χ3n) is 3.00. The highest BCUT2D eigenvalue weighted by Crippen LogP contribution is 2.32. The molecule has 0 saturated carbocycles. The number of primary amides is 1. The standard InChI is InChI=1S/C13H20N2O2/c1-8-6-11(17-5)9(2)10(3)13(8)15(4)7-12(14)16/h6H,7H2,1-5H3,(H2,14,16). The number of aryl methyl sites for hydroxylation is 1. The lowest BCUT2D eigenvalue weighted by atomic mass is 10.0. The van der Waals surface area contributed by atoms with Crippen molar-refractivity contribution in [2.24, 2.45) is 5.73 Å². The maximum atomic E-state index is 11.0. The van der Waals surface area contributed by atoms with E-state index in [1.54, 1.807) is 7.11 Å². The van der Waals surface area contributed by atoms with E-state index >= 15 is 0 Å². The molecule has 0 aliphatic carbocycles. The minimum Gasteiger partial charge on any atom is -0.496 e. The summed E-state index contributed by atoms with van der Waals surface area (Å²) in [5, 5.41) is 0. The van der Waals surface area contributed by atoms with E-state index in [4.69, 9.17) is 10.5 Å². The normalized spacial score (nSPS) is 10.2. The van der Waals surface area contributed by atoms with Crippen LogP contribution in [0.2, 0.25) is 0 Å². The molecule has 1 rings (SSSR count). The molecule has 1 aromatic rings. The van der Waals surface area contributed by atoms with Gasteiger partial charge >= 0.3 is 0 Å². The largest absolute Gasteiger partial charge is 0.496 e. The summed E-state index contributed by atoms with van der Waals surface area (Å²) in [6.45, 7) is 6.25. The van der Waals surface area contributed by atoms with Crippen LogP contribution in [-0.2, 0) is 4.79 Å². The number of benzene rings is 1. The minimum absolute atomic E-state index is 0.216. The van der Waals surface area contributed by atoms with Crippen LogP contribution in [0.4, 0.5) is 5.69 Å². The summed E-state index contributed by atoms with van der Waals surface area (Å²) >= 11 is 0. The minimum atomic E-state index is -0.334. The summed E-state index contributed by atoms with van der Waals surface area (Å²) in [6.07, 6.45) is 0. The molecule has 0 atom stereocenters. The zero-order chi connectivity index (χ0) is 13.2. The molecule has 1 aromatic carbocycles. The average molecular weight is 236 g/mol. The van der Waals surface area contributed by atoms with Gasteiger partial charge in [-0.25, -0.2) is 0 Å². The number of anilines is 1. The van der Waals surface area contributed by atoms with Gasteiger partial charge < -0.3 is 15.4 Å². The molecule has 2 N–H and O–H groups in total. The van der Waals surface area contributed by atoms with Crippen molar-refractivity contribution in [3.05, 3.63) is 22.8 Å². The monoisotopic (exact) mass is 236 g/mol. The predicted octanol–water partition coefficient (Wildman–Crippen LogP) is 1.54. The Morgan fingerprint density at radius 1 is 1.35 bits per heavy atom. The van der Waals surface area contributed by atoms with Crippen molar-refractivity contribution < 1.29 is 9.53 Å². The maximum Gasteiger partial charge on any atom is 0.236 e. The van der Waals surface area contributed by atoms with Crippen molar-refractivity contribution in [1.82, 2.24) is 0 Å². The van der Waals surface area contributed by atoms with Crippen molar-refractivity contribution >= 4 is 11.6 Å². The predicted molar refractivity (Wildman–Crippen MR) is 69.7 cm³/mol. The van der Waals surface area contributed by atoms with E-state index in [-0.39, 0.29) is 12.5 Å². The molecule has 0 aromatic heterocycles. The molecular formula is C13H20N2O2. The van der Waals surface area contributed by atoms with Gasteiger partial charge in [0, 0.05) is 12.7 Å². The molecule has 0 radical (unpaired) electrons. The number of amides is 1. The maximum absolute atomic E-state index is 11.0. The van der Waals surface area contributed by atoms with Gasteiger partial charge in [0.05, 0.1) is 13.7 Å². The molecule has 4 heteroatoms. The lowest BCUT2D eigenvalue weighted by Crippen LogP contribution is -2.31. The summed E-state index contributed by atoms with van der Waals surface area (Å²) in [6, 6.07) is 1.98. The first kappa shape index (κ1) is 13.4. The number of ether oxygens (including phenoxy) is 1. The molecule has 0 fully saturated rings. The first-order valence-corrected chi connectivity index (χ1v) is 5.52. The summed E-state index contributed by atoms with van der Waals surface area (Å²) in [4.78, 5) is 12.8. The van der Waals surface area contributed by atoms with Crippen LogP contribution in [0.5, 0.6) is 5.75 Å². The molecule has 4 nitrogen and oxygen atoms in total. The quantitative estimate of drug-likeness (QED) is 0.862. The van der Waals surface area contributed by atoms with Gasteiger partial charge in [0.15, 0.2) is 0 Å². The van der Waals surface area contributed by atoms with E-state index in [1.165, 1.54) is 0 Å². The van der Waals surface area contributed by atoms with Crippen LogP contribution in [0.3, 0.4) is 0 Å². The second kappa shape index (κ2) is 5.08. The smallest absolute Gasteiger partial charge is 0.236 e. The van der Waals surface area contributed by atoms with Crippen LogP contribution in [0.15, 0.2) is 6.07 Å². The fourth-order valence-corrected chi connectivity index (χ4v) is 2.14. The van der Waals surface area contributed by atoms with Crippen molar-refractivity contribution in [3.8, 4) is 5.75 Å². The van der Waals surface area contributed by atoms with Gasteiger partial charge in [-0.2, -0.15) is 0 Å². The summed E-state index contributed by atoms with van der Waals surface area (Å²) in [5.41, 5.74) is 9.54. The Balaban J connectivity index is 3.25. The number of hydrogen-bond donors (Lipinski definition) is 1. The SMILES string of the molecule is COc1cc(C)c(N(C)CC(N)=O)c(C)c1C. The zero-order valence-corrected chi connectivity index (χ0v) is 11.1. The van der Waals surface area contributed by atoms with Crippen LogP contribution in [0.25, 0.3) is 0 Å². The van der Waals surface area contributed by atoms with Crippen LogP contribution in [0, 0.1) is 20.8 Å². The topological polar surface area (TPSA) is 55.6 Å². The van der Waals surface area contributed by atoms with Gasteiger partial charge in [-0.05, 0) is 43.5 Å². The van der Waals surface area contributed by atoms with E-state index in [9.17, 15) is 4.79 Å². The van der Waals surface area contributed by atoms with Crippen molar-refractivity contribution in [1.29, 1.82) is 0 Å². The van der Waals surface area contributed by atoms with Gasteiger partial charge in [-0.1, -0.05) is 0 Å². The lowest BCUT2D eigenvalue weighted by molar-refractivity contribution is -0.116. The summed E-state index contributed by atoms with van der Waals surface area (Å²) in [5.74, 6) is 0.538. The number of carbonyl (C=O) groups excluding carboxylic acids is 1. The van der Waals surface area contributed by atoms with Crippen molar-refractivity contribution in [2.45, 2.75) is 20.8 Å². The van der Waals surface area contributed by atoms with Gasteiger partial charge in [0.2, 0.25) is 5.91 Å². The Morgan fingerprint density at radius 3 is 2.41 bits per heavy atom. The molecule has 0 unspecified atom stereocenters. The number of likely N-dealkylation sites (N-methyl/N-ethyl adjacent to an activating group) is 1. The first-order chi connectivity index (χ1) is 7.88. The van der Waals surface area contributed by atoms with Gasteiger partial charge in [-0.15, -0.1) is 0 Å². The van der Waals surface area contributed by atoms with E-state index in [2.05, 4.69) is 0 Å². The Bertz CT molecular complexity index is 442. The van der Waals surface area contributed by atoms with Crippen LogP contribution >= 0.6 is 0 Å². The summed E-state index contributed by atoms with van der Waals surface area (Å²) < 4.78 is 5.31. The second-order valence-electron chi connectivity index (χ2n) is 4.32. The van der Waals surface area contributed by atoms with Gasteiger partial charge in [0.1, 0.15) is 5.75 Å². The molecule has 0 aliphatic rings. The first-order valence-electron chi connectivity index (χ1n) is 5.52. The van der Waals surface area contributed by atoms with E-state index < -0.39 is 0 Å². The van der Waals surface area contributed by atoms with Crippen LogP contribution in [-0.4, -0.2) is 26.6 Å². The molecule has 94 valence electrons. The van der Waals surface area contributed by atoms with E-state index in [0.29, 0.717) is 0 Å². The number of nitrogens with zero attached hydrogens (tertiary/aromatic N) is 1. The number of rotatable bonds is 4. The highest BCUT2D eigenvalue weighted by atomic mass is 16.5. The number of hydrogen-bond acceptors (Lipinski definition) is 3. The summed E-state index contributed by atoms with van der Waals surface area (Å²) in [7, 11) is 3.53. The fraction of sp³-hybridized carbons (Fsp3) is 0.462. The van der Waals surface area contributed by atoms with Crippen LogP contribution in [0.1, 0.15) is 16.7 Å². The molecule has 0 saturated heterocycles. The molecule has 0 aliphatic heterocycles. The highest BCUT2D eigenvalue weighted by molar-refractivity contribution is 5.80. The Kier molecular flexibility index (Phi) is 3.99. The molecule has 1 amide bonds. The van der Waals surface area contributed by atoms with E-state index in [1.807, 2.05) is 38.8 Å². The van der Waals surface area contributed by atoms with Crippen molar-refractivity contribution in [3.63, 3.8) is 0 Å². The second-order valence-corrected chi connectivity index (χ2v) is 4.32. The van der Waals surface area contributed by atoms with E-state index in [0.717, 1.165) is 28.1 Å². The third-order valence-corrected chi connectivity index (χ3v) is 3.00. The number of methoxy groups -OCH3 is 1. The average Bonchev–Trinajstić information content (AvgIpc) is 2.22. The third kappa shape index (κ3) is 2.70. The van der Waals surface area contributed by atoms with Crippen LogP contribution < -0.4 is 15.4 Å². The van der Waals surface area contributed by atoms with Gasteiger partial charge in [-0.3, -0.25) is 4.79 Å². The fourth-order valence-electron chi connectivity index (χ4n) is 2.14. The van der Waals surface area contributed by atoms with Gasteiger partial charge in [0.25, 0.3) is 0 Å². The number of nitrogens with two attached hydrogens (primary N) is 1. The highest BCUT2D eigenvalue weighted by Gasteiger charge is 2.14. The Labute approximate surface area is 102 Å². The Hall–Kier alpha value is -1.71. The molecule has 0 spiro atoms. The van der Waals surface area contributed by atoms with Crippen molar-refractivity contribution in [2.75, 3.05) is 25.6 Å². The zero-order valence-electron chi connectivity index (χ0n) is 11.1. The molecule has 0 heterocycles. The lowest BCUT2D eigenvalue weighted by Gasteiger charge is -2.24. The Morgan fingerprint density at radius 2 is 1.94 bits per heavy atom. The molecule has 0 bridgehead atoms. The molecular weight excluding hydrogens is 216 g/mol. The molecule has 17 heavy (non-hydrogen) atoms.